The third-order valence-corrected chi connectivity index (χ3v) is 10.2. The molecule has 11 heteroatoms. The number of amides is 1. The van der Waals surface area contributed by atoms with Gasteiger partial charge in [0, 0.05) is 39.6 Å². The Labute approximate surface area is 214 Å². The van der Waals surface area contributed by atoms with Gasteiger partial charge < -0.3 is 10.1 Å². The van der Waals surface area contributed by atoms with E-state index in [0.29, 0.717) is 18.6 Å². The van der Waals surface area contributed by atoms with Crippen LogP contribution in [0.5, 0.6) is 5.75 Å². The Kier molecular flexibility index (Phi) is 8.81. The Morgan fingerprint density at radius 2 is 1.67 bits per heavy atom. The Morgan fingerprint density at radius 3 is 2.19 bits per heavy atom. The van der Waals surface area contributed by atoms with Crippen molar-refractivity contribution >= 4 is 26.0 Å². The first-order valence-electron chi connectivity index (χ1n) is 11.8. The number of sulfonamides is 2. The van der Waals surface area contributed by atoms with Crippen molar-refractivity contribution in [3.05, 3.63) is 53.6 Å². The number of ether oxygens (including phenoxy) is 1. The van der Waals surface area contributed by atoms with E-state index < -0.39 is 20.0 Å². The van der Waals surface area contributed by atoms with Crippen molar-refractivity contribution in [3.63, 3.8) is 0 Å². The molecule has 1 fully saturated rings. The maximum Gasteiger partial charge on any atom is 0.246 e. The Bertz CT molecular complexity index is 1280. The highest BCUT2D eigenvalue weighted by molar-refractivity contribution is 7.89. The number of nitrogens with zero attached hydrogens (tertiary/aromatic N) is 2. The molecule has 9 nitrogen and oxygen atoms in total. The van der Waals surface area contributed by atoms with Gasteiger partial charge in [0.05, 0.1) is 12.0 Å². The zero-order valence-corrected chi connectivity index (χ0v) is 23.0. The third-order valence-electron chi connectivity index (χ3n) is 6.47. The number of piperidine rings is 1. The van der Waals surface area contributed by atoms with Gasteiger partial charge in [-0.05, 0) is 54.2 Å². The first kappa shape index (κ1) is 28.1. The maximum atomic E-state index is 13.4. The number of carbonyl (C=O) groups is 1. The van der Waals surface area contributed by atoms with Crippen LogP contribution in [0.3, 0.4) is 0 Å². The van der Waals surface area contributed by atoms with Gasteiger partial charge in [-0.15, -0.1) is 0 Å². The predicted octanol–water partition coefficient (Wildman–Crippen LogP) is 2.79. The number of hydrogen-bond donors (Lipinski definition) is 1. The standard InChI is InChI=1S/C25H35N3O6S2/c1-18(2)21-8-11-23(34-5)24(16-21)36(32,33)28-14-12-20(13-15-28)25(29)26-17-19-6-9-22(10-7-19)35(30,31)27(3)4/h6-11,16,18,20H,12-15,17H2,1-5H3,(H,26,29). The van der Waals surface area contributed by atoms with Crippen molar-refractivity contribution in [2.45, 2.75) is 48.9 Å². The second-order valence-electron chi connectivity index (χ2n) is 9.39. The van der Waals surface area contributed by atoms with Gasteiger partial charge in [0.1, 0.15) is 10.6 Å². The van der Waals surface area contributed by atoms with Gasteiger partial charge in [0.2, 0.25) is 26.0 Å². The van der Waals surface area contributed by atoms with E-state index in [2.05, 4.69) is 5.32 Å². The first-order chi connectivity index (χ1) is 16.9. The molecule has 1 saturated heterocycles. The molecule has 1 amide bonds. The fourth-order valence-electron chi connectivity index (χ4n) is 4.08. The smallest absolute Gasteiger partial charge is 0.246 e. The number of methoxy groups -OCH3 is 1. The summed E-state index contributed by atoms with van der Waals surface area (Å²) in [7, 11) is -2.87. The topological polar surface area (TPSA) is 113 Å². The largest absolute Gasteiger partial charge is 0.495 e. The quantitative estimate of drug-likeness (QED) is 0.526. The second-order valence-corrected chi connectivity index (χ2v) is 13.5. The molecular weight excluding hydrogens is 502 g/mol. The van der Waals surface area contributed by atoms with Crippen LogP contribution >= 0.6 is 0 Å². The summed E-state index contributed by atoms with van der Waals surface area (Å²) in [6.07, 6.45) is 0.828. The molecule has 1 aliphatic heterocycles. The van der Waals surface area contributed by atoms with Crippen molar-refractivity contribution in [2.75, 3.05) is 34.3 Å². The molecule has 0 aromatic heterocycles. The molecule has 2 aromatic rings. The molecule has 0 spiro atoms. The molecular formula is C25H35N3O6S2. The summed E-state index contributed by atoms with van der Waals surface area (Å²) in [6, 6.07) is 11.6. The van der Waals surface area contributed by atoms with Crippen LogP contribution in [0.1, 0.15) is 43.7 Å². The maximum absolute atomic E-state index is 13.4. The van der Waals surface area contributed by atoms with Gasteiger partial charge in [-0.3, -0.25) is 4.79 Å². The van der Waals surface area contributed by atoms with E-state index in [-0.39, 0.29) is 47.2 Å². The average Bonchev–Trinajstić information content (AvgIpc) is 2.87. The molecule has 0 saturated carbocycles. The molecule has 0 atom stereocenters. The lowest BCUT2D eigenvalue weighted by atomic mass is 9.97. The zero-order chi connectivity index (χ0) is 26.7. The van der Waals surface area contributed by atoms with Crippen LogP contribution in [-0.2, 0) is 31.4 Å². The number of nitrogens with one attached hydrogen (secondary N) is 1. The molecule has 198 valence electrons. The monoisotopic (exact) mass is 537 g/mol. The highest BCUT2D eigenvalue weighted by atomic mass is 32.2. The van der Waals surface area contributed by atoms with Crippen LogP contribution in [0.15, 0.2) is 52.3 Å². The lowest BCUT2D eigenvalue weighted by Crippen LogP contribution is -2.43. The van der Waals surface area contributed by atoms with E-state index in [1.807, 2.05) is 19.9 Å². The summed E-state index contributed by atoms with van der Waals surface area (Å²) >= 11 is 0. The van der Waals surface area contributed by atoms with E-state index in [1.54, 1.807) is 24.3 Å². The predicted molar refractivity (Wildman–Crippen MR) is 138 cm³/mol. The minimum absolute atomic E-state index is 0.142. The number of rotatable bonds is 9. The lowest BCUT2D eigenvalue weighted by molar-refractivity contribution is -0.126. The molecule has 1 heterocycles. The van der Waals surface area contributed by atoms with Gasteiger partial charge >= 0.3 is 0 Å². The molecule has 3 rings (SSSR count). The van der Waals surface area contributed by atoms with Crippen LogP contribution in [0.2, 0.25) is 0 Å². The summed E-state index contributed by atoms with van der Waals surface area (Å²) < 4.78 is 59.0. The van der Waals surface area contributed by atoms with Crippen LogP contribution in [0.4, 0.5) is 0 Å². The lowest BCUT2D eigenvalue weighted by Gasteiger charge is -2.31. The van der Waals surface area contributed by atoms with Crippen LogP contribution in [0.25, 0.3) is 0 Å². The summed E-state index contributed by atoms with van der Waals surface area (Å²) in [5, 5.41) is 2.89. The summed E-state index contributed by atoms with van der Waals surface area (Å²) in [5.41, 5.74) is 1.69. The van der Waals surface area contributed by atoms with Crippen LogP contribution in [-0.4, -0.2) is 65.6 Å². The van der Waals surface area contributed by atoms with E-state index in [0.717, 1.165) is 15.4 Å². The fourth-order valence-corrected chi connectivity index (χ4v) is 6.64. The number of benzene rings is 2. The molecule has 0 aliphatic carbocycles. The average molecular weight is 538 g/mol. The van der Waals surface area contributed by atoms with Gasteiger partial charge in [0.15, 0.2) is 0 Å². The highest BCUT2D eigenvalue weighted by Gasteiger charge is 2.34. The first-order valence-corrected chi connectivity index (χ1v) is 14.7. The van der Waals surface area contributed by atoms with Gasteiger partial charge in [-0.25, -0.2) is 21.1 Å². The molecule has 0 radical (unpaired) electrons. The summed E-state index contributed by atoms with van der Waals surface area (Å²) in [5.74, 6) is 0.0432. The molecule has 36 heavy (non-hydrogen) atoms. The normalized spacial score (nSPS) is 15.9. The van der Waals surface area contributed by atoms with Gasteiger partial charge in [-0.1, -0.05) is 32.0 Å². The van der Waals surface area contributed by atoms with Crippen molar-refractivity contribution in [3.8, 4) is 5.75 Å². The zero-order valence-electron chi connectivity index (χ0n) is 21.4. The van der Waals surface area contributed by atoms with Crippen molar-refractivity contribution in [1.29, 1.82) is 0 Å². The molecule has 0 unspecified atom stereocenters. The van der Waals surface area contributed by atoms with Gasteiger partial charge in [0.25, 0.3) is 0 Å². The van der Waals surface area contributed by atoms with E-state index in [1.165, 1.54) is 37.6 Å². The summed E-state index contributed by atoms with van der Waals surface area (Å²) in [4.78, 5) is 13.1. The van der Waals surface area contributed by atoms with Crippen LogP contribution < -0.4 is 10.1 Å². The molecule has 1 aliphatic rings. The Hall–Kier alpha value is -2.47. The molecule has 1 N–H and O–H groups in total. The number of carbonyl (C=O) groups excluding carboxylic acids is 1. The van der Waals surface area contributed by atoms with Crippen molar-refractivity contribution in [1.82, 2.24) is 13.9 Å². The second kappa shape index (κ2) is 11.3. The Balaban J connectivity index is 1.60. The fraction of sp³-hybridized carbons (Fsp3) is 0.480. The summed E-state index contributed by atoms with van der Waals surface area (Å²) in [6.45, 7) is 4.75. The third kappa shape index (κ3) is 6.08. The molecule has 0 bridgehead atoms. The van der Waals surface area contributed by atoms with Crippen molar-refractivity contribution in [2.24, 2.45) is 5.92 Å². The van der Waals surface area contributed by atoms with E-state index in [4.69, 9.17) is 4.74 Å². The highest BCUT2D eigenvalue weighted by Crippen LogP contribution is 2.32. The minimum Gasteiger partial charge on any atom is -0.495 e. The SMILES string of the molecule is COc1ccc(C(C)C)cc1S(=O)(=O)N1CCC(C(=O)NCc2ccc(S(=O)(=O)N(C)C)cc2)CC1. The molecule has 2 aromatic carbocycles. The minimum atomic E-state index is -3.76. The Morgan fingerprint density at radius 1 is 1.06 bits per heavy atom. The van der Waals surface area contributed by atoms with Crippen LogP contribution in [0, 0.1) is 5.92 Å². The van der Waals surface area contributed by atoms with E-state index in [9.17, 15) is 21.6 Å². The number of hydrogen-bond acceptors (Lipinski definition) is 6. The van der Waals surface area contributed by atoms with Crippen molar-refractivity contribution < 1.29 is 26.4 Å². The van der Waals surface area contributed by atoms with E-state index >= 15 is 0 Å². The van der Waals surface area contributed by atoms with Gasteiger partial charge in [-0.2, -0.15) is 4.31 Å².